The van der Waals surface area contributed by atoms with Crippen molar-refractivity contribution < 1.29 is 9.53 Å². The Morgan fingerprint density at radius 3 is 2.50 bits per heavy atom. The normalized spacial score (nSPS) is 11.7. The lowest BCUT2D eigenvalue weighted by atomic mass is 10.1. The molecule has 1 amide bonds. The lowest BCUT2D eigenvalue weighted by Crippen LogP contribution is -2.27. The number of amides is 1. The first-order valence-corrected chi connectivity index (χ1v) is 6.26. The summed E-state index contributed by atoms with van der Waals surface area (Å²) in [4.78, 5) is 16.0. The van der Waals surface area contributed by atoms with Gasteiger partial charge in [-0.15, -0.1) is 0 Å². The molecule has 1 atom stereocenters. The number of carbonyl (C=O) groups excluding carboxylic acids is 1. The zero-order valence-electron chi connectivity index (χ0n) is 11.5. The van der Waals surface area contributed by atoms with Gasteiger partial charge in [0.25, 0.3) is 5.91 Å². The van der Waals surface area contributed by atoms with Gasteiger partial charge in [-0.1, -0.05) is 12.1 Å². The molecule has 0 bridgehead atoms. The number of anilines is 1. The molecule has 0 aliphatic rings. The predicted octanol–water partition coefficient (Wildman–Crippen LogP) is 2.16. The van der Waals surface area contributed by atoms with E-state index >= 15 is 0 Å². The topological polar surface area (TPSA) is 77.2 Å². The van der Waals surface area contributed by atoms with Crippen molar-refractivity contribution in [3.8, 4) is 5.75 Å². The van der Waals surface area contributed by atoms with E-state index in [-0.39, 0.29) is 11.9 Å². The number of nitrogens with zero attached hydrogens (tertiary/aromatic N) is 1. The van der Waals surface area contributed by atoms with Crippen molar-refractivity contribution in [1.82, 2.24) is 10.3 Å². The quantitative estimate of drug-likeness (QED) is 0.893. The van der Waals surface area contributed by atoms with Crippen LogP contribution in [-0.2, 0) is 0 Å². The van der Waals surface area contributed by atoms with Gasteiger partial charge in [0, 0.05) is 0 Å². The fourth-order valence-electron chi connectivity index (χ4n) is 1.79. The van der Waals surface area contributed by atoms with Gasteiger partial charge >= 0.3 is 0 Å². The Kier molecular flexibility index (Phi) is 4.20. The van der Waals surface area contributed by atoms with Gasteiger partial charge in [-0.2, -0.15) is 0 Å². The molecule has 1 unspecified atom stereocenters. The van der Waals surface area contributed by atoms with Gasteiger partial charge in [-0.3, -0.25) is 4.79 Å². The molecule has 1 aromatic heterocycles. The molecule has 0 aliphatic heterocycles. The zero-order chi connectivity index (χ0) is 14.5. The Hall–Kier alpha value is -2.56. The second-order valence-electron chi connectivity index (χ2n) is 4.45. The first-order valence-electron chi connectivity index (χ1n) is 6.26. The molecule has 20 heavy (non-hydrogen) atoms. The van der Waals surface area contributed by atoms with Gasteiger partial charge in [0.2, 0.25) is 0 Å². The van der Waals surface area contributed by atoms with Gasteiger partial charge < -0.3 is 15.8 Å². The van der Waals surface area contributed by atoms with Gasteiger partial charge in [0.15, 0.2) is 0 Å². The van der Waals surface area contributed by atoms with Crippen molar-refractivity contribution in [2.45, 2.75) is 13.0 Å². The predicted molar refractivity (Wildman–Crippen MR) is 77.5 cm³/mol. The molecule has 5 heteroatoms. The van der Waals surface area contributed by atoms with Crippen LogP contribution in [0.4, 0.5) is 5.69 Å². The molecular weight excluding hydrogens is 254 g/mol. The third-order valence-electron chi connectivity index (χ3n) is 2.98. The molecule has 104 valence electrons. The molecule has 2 aromatic rings. The fraction of sp³-hybridized carbons (Fsp3) is 0.200. The standard InChI is InChI=1S/C15H17N3O2/c1-10(11-3-6-13(20-2)7-4-11)18-15(19)14-8-5-12(16)9-17-14/h3-10H,16H2,1-2H3,(H,18,19). The van der Waals surface area contributed by atoms with E-state index in [0.29, 0.717) is 11.4 Å². The van der Waals surface area contributed by atoms with E-state index in [9.17, 15) is 4.79 Å². The van der Waals surface area contributed by atoms with Crippen molar-refractivity contribution in [2.24, 2.45) is 0 Å². The number of benzene rings is 1. The Morgan fingerprint density at radius 1 is 1.25 bits per heavy atom. The summed E-state index contributed by atoms with van der Waals surface area (Å²) in [5, 5.41) is 2.89. The monoisotopic (exact) mass is 271 g/mol. The van der Waals surface area contributed by atoms with Gasteiger partial charge in [0.1, 0.15) is 11.4 Å². The average Bonchev–Trinajstić information content (AvgIpc) is 2.48. The number of carbonyl (C=O) groups is 1. The largest absolute Gasteiger partial charge is 0.497 e. The summed E-state index contributed by atoms with van der Waals surface area (Å²) >= 11 is 0. The maximum absolute atomic E-state index is 12.0. The Labute approximate surface area is 117 Å². The van der Waals surface area contributed by atoms with Crippen molar-refractivity contribution in [3.63, 3.8) is 0 Å². The van der Waals surface area contributed by atoms with Crippen LogP contribution in [0.15, 0.2) is 42.6 Å². The van der Waals surface area contributed by atoms with E-state index < -0.39 is 0 Å². The smallest absolute Gasteiger partial charge is 0.270 e. The maximum Gasteiger partial charge on any atom is 0.270 e. The molecule has 0 fully saturated rings. The molecule has 1 aromatic carbocycles. The van der Waals surface area contributed by atoms with Crippen LogP contribution in [0.3, 0.4) is 0 Å². The summed E-state index contributed by atoms with van der Waals surface area (Å²) in [5.74, 6) is 0.556. The van der Waals surface area contributed by atoms with Crippen molar-refractivity contribution in [3.05, 3.63) is 53.9 Å². The molecule has 0 saturated carbocycles. The Bertz CT molecular complexity index is 579. The number of ether oxygens (including phenoxy) is 1. The highest BCUT2D eigenvalue weighted by Crippen LogP contribution is 2.17. The molecule has 0 saturated heterocycles. The van der Waals surface area contributed by atoms with E-state index in [4.69, 9.17) is 10.5 Å². The summed E-state index contributed by atoms with van der Waals surface area (Å²) < 4.78 is 5.10. The fourth-order valence-corrected chi connectivity index (χ4v) is 1.79. The molecule has 1 heterocycles. The second-order valence-corrected chi connectivity index (χ2v) is 4.45. The van der Waals surface area contributed by atoms with Crippen LogP contribution in [0, 0.1) is 0 Å². The number of hydrogen-bond donors (Lipinski definition) is 2. The van der Waals surface area contributed by atoms with Gasteiger partial charge in [-0.25, -0.2) is 4.98 Å². The van der Waals surface area contributed by atoms with Crippen LogP contribution in [0.5, 0.6) is 5.75 Å². The Balaban J connectivity index is 2.04. The van der Waals surface area contributed by atoms with Crippen molar-refractivity contribution in [2.75, 3.05) is 12.8 Å². The number of pyridine rings is 1. The summed E-state index contributed by atoms with van der Waals surface area (Å²) in [6, 6.07) is 10.7. The maximum atomic E-state index is 12.0. The lowest BCUT2D eigenvalue weighted by Gasteiger charge is -2.14. The van der Waals surface area contributed by atoms with E-state index in [0.717, 1.165) is 11.3 Å². The zero-order valence-corrected chi connectivity index (χ0v) is 11.5. The molecular formula is C15H17N3O2. The van der Waals surface area contributed by atoms with E-state index in [2.05, 4.69) is 10.3 Å². The molecule has 0 spiro atoms. The van der Waals surface area contributed by atoms with Gasteiger partial charge in [0.05, 0.1) is 25.0 Å². The number of rotatable bonds is 4. The van der Waals surface area contributed by atoms with Crippen LogP contribution in [0.25, 0.3) is 0 Å². The Morgan fingerprint density at radius 2 is 1.95 bits per heavy atom. The van der Waals surface area contributed by atoms with E-state index in [1.54, 1.807) is 19.2 Å². The minimum Gasteiger partial charge on any atom is -0.497 e. The minimum atomic E-state index is -0.228. The minimum absolute atomic E-state index is 0.118. The first-order chi connectivity index (χ1) is 9.60. The first kappa shape index (κ1) is 13.9. The highest BCUT2D eigenvalue weighted by molar-refractivity contribution is 5.92. The number of aromatic nitrogens is 1. The number of nitrogens with two attached hydrogens (primary N) is 1. The van der Waals surface area contributed by atoms with Crippen LogP contribution in [0.2, 0.25) is 0 Å². The van der Waals surface area contributed by atoms with Crippen LogP contribution in [-0.4, -0.2) is 18.0 Å². The van der Waals surface area contributed by atoms with Crippen molar-refractivity contribution in [1.29, 1.82) is 0 Å². The van der Waals surface area contributed by atoms with Crippen LogP contribution < -0.4 is 15.8 Å². The number of nitrogens with one attached hydrogen (secondary N) is 1. The SMILES string of the molecule is COc1ccc(C(C)NC(=O)c2ccc(N)cn2)cc1. The molecule has 2 rings (SSSR count). The third-order valence-corrected chi connectivity index (χ3v) is 2.98. The summed E-state index contributed by atoms with van der Waals surface area (Å²) in [5.41, 5.74) is 7.41. The van der Waals surface area contributed by atoms with E-state index in [1.165, 1.54) is 6.20 Å². The number of nitrogen functional groups attached to an aromatic ring is 1. The summed E-state index contributed by atoms with van der Waals surface area (Å²) in [7, 11) is 1.62. The van der Waals surface area contributed by atoms with E-state index in [1.807, 2.05) is 31.2 Å². The summed E-state index contributed by atoms with van der Waals surface area (Å²) in [6.45, 7) is 1.91. The average molecular weight is 271 g/mol. The highest BCUT2D eigenvalue weighted by atomic mass is 16.5. The highest BCUT2D eigenvalue weighted by Gasteiger charge is 2.12. The van der Waals surface area contributed by atoms with Crippen LogP contribution in [0.1, 0.15) is 29.0 Å². The number of methoxy groups -OCH3 is 1. The number of hydrogen-bond acceptors (Lipinski definition) is 4. The van der Waals surface area contributed by atoms with Gasteiger partial charge in [-0.05, 0) is 36.8 Å². The molecule has 3 N–H and O–H groups in total. The molecule has 0 aliphatic carbocycles. The van der Waals surface area contributed by atoms with Crippen LogP contribution >= 0.6 is 0 Å². The molecule has 0 radical (unpaired) electrons. The van der Waals surface area contributed by atoms with Crippen molar-refractivity contribution >= 4 is 11.6 Å². The second kappa shape index (κ2) is 6.06. The molecule has 5 nitrogen and oxygen atoms in total. The summed E-state index contributed by atoms with van der Waals surface area (Å²) in [6.07, 6.45) is 1.47. The third kappa shape index (κ3) is 3.26. The lowest BCUT2D eigenvalue weighted by molar-refractivity contribution is 0.0935.